The summed E-state index contributed by atoms with van der Waals surface area (Å²) in [6.07, 6.45) is 6.55. The summed E-state index contributed by atoms with van der Waals surface area (Å²) in [6.45, 7) is 1.64. The van der Waals surface area contributed by atoms with Gasteiger partial charge in [0.2, 0.25) is 0 Å². The monoisotopic (exact) mass is 292 g/mol. The van der Waals surface area contributed by atoms with Crippen molar-refractivity contribution in [2.75, 3.05) is 6.61 Å². The summed E-state index contributed by atoms with van der Waals surface area (Å²) in [7, 11) is -3.52. The van der Waals surface area contributed by atoms with Gasteiger partial charge >= 0.3 is 0 Å². The molecule has 0 saturated heterocycles. The molecule has 0 aliphatic heterocycles. The SMILES string of the molecule is Cc1ccc(S(=O)(=O)C2(CO)C[C@@H]3C=C[C@H]2CC3)cc1. The van der Waals surface area contributed by atoms with E-state index in [0.717, 1.165) is 18.4 Å². The van der Waals surface area contributed by atoms with Crippen molar-refractivity contribution in [3.05, 3.63) is 42.0 Å². The largest absolute Gasteiger partial charge is 0.395 e. The lowest BCUT2D eigenvalue weighted by Crippen LogP contribution is -2.53. The minimum atomic E-state index is -3.52. The Labute approximate surface area is 120 Å². The molecular weight excluding hydrogens is 272 g/mol. The van der Waals surface area contributed by atoms with Crippen molar-refractivity contribution in [2.24, 2.45) is 11.8 Å². The summed E-state index contributed by atoms with van der Waals surface area (Å²) in [5, 5.41) is 9.90. The normalized spacial score (nSPS) is 32.5. The van der Waals surface area contributed by atoms with Crippen molar-refractivity contribution in [3.8, 4) is 0 Å². The number of hydrogen-bond acceptors (Lipinski definition) is 3. The van der Waals surface area contributed by atoms with Gasteiger partial charge in [0.25, 0.3) is 0 Å². The molecule has 3 aliphatic rings. The van der Waals surface area contributed by atoms with Crippen LogP contribution in [0.15, 0.2) is 41.3 Å². The van der Waals surface area contributed by atoms with Crippen molar-refractivity contribution in [1.82, 2.24) is 0 Å². The fraction of sp³-hybridized carbons (Fsp3) is 0.500. The zero-order valence-electron chi connectivity index (χ0n) is 11.6. The highest BCUT2D eigenvalue weighted by molar-refractivity contribution is 7.93. The van der Waals surface area contributed by atoms with Crippen LogP contribution in [0.1, 0.15) is 24.8 Å². The highest BCUT2D eigenvalue weighted by Crippen LogP contribution is 2.49. The van der Waals surface area contributed by atoms with Crippen LogP contribution in [0.2, 0.25) is 0 Å². The molecule has 0 aromatic heterocycles. The van der Waals surface area contributed by atoms with E-state index in [2.05, 4.69) is 6.08 Å². The van der Waals surface area contributed by atoms with Crippen LogP contribution in [-0.4, -0.2) is 24.9 Å². The van der Waals surface area contributed by atoms with Gasteiger partial charge in [-0.15, -0.1) is 0 Å². The van der Waals surface area contributed by atoms with E-state index < -0.39 is 14.6 Å². The number of sulfone groups is 1. The Morgan fingerprint density at radius 2 is 1.90 bits per heavy atom. The zero-order chi connectivity index (χ0) is 14.4. The lowest BCUT2D eigenvalue weighted by Gasteiger charge is -2.46. The molecule has 2 bridgehead atoms. The molecule has 1 N–H and O–H groups in total. The van der Waals surface area contributed by atoms with Gasteiger partial charge in [-0.2, -0.15) is 0 Å². The Morgan fingerprint density at radius 3 is 2.35 bits per heavy atom. The van der Waals surface area contributed by atoms with Crippen LogP contribution in [0.3, 0.4) is 0 Å². The number of rotatable bonds is 3. The van der Waals surface area contributed by atoms with Gasteiger partial charge in [-0.25, -0.2) is 8.42 Å². The number of aryl methyl sites for hydroxylation is 1. The molecule has 4 heteroatoms. The maximum Gasteiger partial charge on any atom is 0.186 e. The van der Waals surface area contributed by atoms with E-state index in [1.165, 1.54) is 0 Å². The van der Waals surface area contributed by atoms with Crippen LogP contribution in [0.5, 0.6) is 0 Å². The Kier molecular flexibility index (Phi) is 3.26. The summed E-state index contributed by atoms with van der Waals surface area (Å²) in [5.74, 6) is 0.219. The summed E-state index contributed by atoms with van der Waals surface area (Å²) in [5.41, 5.74) is 1.03. The number of aliphatic hydroxyl groups excluding tert-OH is 1. The number of hydrogen-bond donors (Lipinski definition) is 1. The van der Waals surface area contributed by atoms with Crippen LogP contribution >= 0.6 is 0 Å². The van der Waals surface area contributed by atoms with E-state index in [0.29, 0.717) is 11.3 Å². The van der Waals surface area contributed by atoms with Crippen LogP contribution in [0, 0.1) is 18.8 Å². The van der Waals surface area contributed by atoms with Crippen molar-refractivity contribution in [3.63, 3.8) is 0 Å². The maximum absolute atomic E-state index is 13.0. The van der Waals surface area contributed by atoms with Gasteiger partial charge in [-0.3, -0.25) is 0 Å². The first-order valence-corrected chi connectivity index (χ1v) is 8.58. The van der Waals surface area contributed by atoms with Crippen molar-refractivity contribution >= 4 is 9.84 Å². The highest BCUT2D eigenvalue weighted by Gasteiger charge is 2.54. The predicted octanol–water partition coefficient (Wildman–Crippen LogP) is 2.49. The smallest absolute Gasteiger partial charge is 0.186 e. The standard InChI is InChI=1S/C16H20O3S/c1-12-2-8-15(9-3-12)20(18,19)16(11-17)10-13-4-6-14(16)7-5-13/h2-4,6,8-9,13-14,17H,5,7,10-11H2,1H3/t13-,14+,16?/m1/s1. The predicted molar refractivity (Wildman–Crippen MR) is 78.2 cm³/mol. The second kappa shape index (κ2) is 4.71. The van der Waals surface area contributed by atoms with E-state index in [1.54, 1.807) is 12.1 Å². The Hall–Kier alpha value is -1.13. The summed E-state index contributed by atoms with van der Waals surface area (Å²) < 4.78 is 25.1. The third-order valence-electron chi connectivity index (χ3n) is 4.88. The van der Waals surface area contributed by atoms with Gasteiger partial charge in [0.05, 0.1) is 11.5 Å². The number of fused-ring (bicyclic) bond motifs is 2. The zero-order valence-corrected chi connectivity index (χ0v) is 12.4. The van der Waals surface area contributed by atoms with Gasteiger partial charge in [0, 0.05) is 0 Å². The Bertz CT molecular complexity index is 630. The average Bonchev–Trinajstić information content (AvgIpc) is 2.48. The van der Waals surface area contributed by atoms with Gasteiger partial charge in [0.15, 0.2) is 9.84 Å². The molecule has 108 valence electrons. The summed E-state index contributed by atoms with van der Waals surface area (Å²) >= 11 is 0. The topological polar surface area (TPSA) is 54.4 Å². The maximum atomic E-state index is 13.0. The van der Waals surface area contributed by atoms with Gasteiger partial charge in [0.1, 0.15) is 4.75 Å². The molecule has 1 aromatic rings. The van der Waals surface area contributed by atoms with E-state index >= 15 is 0 Å². The molecule has 20 heavy (non-hydrogen) atoms. The Morgan fingerprint density at radius 1 is 1.20 bits per heavy atom. The average molecular weight is 292 g/mol. The van der Waals surface area contributed by atoms with Crippen LogP contribution < -0.4 is 0 Å². The fourth-order valence-electron chi connectivity index (χ4n) is 3.61. The molecule has 0 spiro atoms. The van der Waals surface area contributed by atoms with Crippen molar-refractivity contribution in [1.29, 1.82) is 0 Å². The minimum absolute atomic E-state index is 0.0659. The first-order valence-electron chi connectivity index (χ1n) is 7.10. The lowest BCUT2D eigenvalue weighted by atomic mass is 9.69. The van der Waals surface area contributed by atoms with E-state index in [4.69, 9.17) is 0 Å². The van der Waals surface area contributed by atoms with Crippen LogP contribution in [-0.2, 0) is 9.84 Å². The molecule has 3 aliphatic carbocycles. The molecule has 1 saturated carbocycles. The van der Waals surface area contributed by atoms with E-state index in [1.807, 2.05) is 25.1 Å². The second-order valence-corrected chi connectivity index (χ2v) is 8.36. The lowest BCUT2D eigenvalue weighted by molar-refractivity contribution is 0.148. The van der Waals surface area contributed by atoms with Crippen LogP contribution in [0.4, 0.5) is 0 Å². The molecule has 4 rings (SSSR count). The van der Waals surface area contributed by atoms with E-state index in [-0.39, 0.29) is 18.4 Å². The van der Waals surface area contributed by atoms with Crippen molar-refractivity contribution < 1.29 is 13.5 Å². The second-order valence-electron chi connectivity index (χ2n) is 6.07. The quantitative estimate of drug-likeness (QED) is 0.871. The molecule has 0 radical (unpaired) electrons. The molecule has 1 fully saturated rings. The first-order chi connectivity index (χ1) is 9.49. The Balaban J connectivity index is 2.09. The van der Waals surface area contributed by atoms with Crippen LogP contribution in [0.25, 0.3) is 0 Å². The fourth-order valence-corrected chi connectivity index (χ4v) is 5.77. The molecule has 1 unspecified atom stereocenters. The van der Waals surface area contributed by atoms with E-state index in [9.17, 15) is 13.5 Å². The number of allylic oxidation sites excluding steroid dienone is 2. The third-order valence-corrected chi connectivity index (χ3v) is 7.44. The first kappa shape index (κ1) is 13.8. The summed E-state index contributed by atoms with van der Waals surface area (Å²) in [6, 6.07) is 6.95. The summed E-state index contributed by atoms with van der Waals surface area (Å²) in [4.78, 5) is 0.332. The molecule has 1 aromatic carbocycles. The molecular formula is C16H20O3S. The molecule has 0 amide bonds. The molecule has 3 atom stereocenters. The third kappa shape index (κ3) is 1.85. The van der Waals surface area contributed by atoms with Crippen molar-refractivity contribution in [2.45, 2.75) is 35.8 Å². The molecule has 3 nitrogen and oxygen atoms in total. The van der Waals surface area contributed by atoms with Gasteiger partial charge < -0.3 is 5.11 Å². The highest BCUT2D eigenvalue weighted by atomic mass is 32.2. The number of benzene rings is 1. The van der Waals surface area contributed by atoms with Gasteiger partial charge in [-0.1, -0.05) is 29.8 Å². The molecule has 0 heterocycles. The van der Waals surface area contributed by atoms with Gasteiger partial charge in [-0.05, 0) is 50.2 Å². The minimum Gasteiger partial charge on any atom is -0.395 e. The number of aliphatic hydroxyl groups is 1.